The summed E-state index contributed by atoms with van der Waals surface area (Å²) < 4.78 is 41.2. The fraction of sp³-hybridized carbons (Fsp3) is 0.600. The predicted octanol–water partition coefficient (Wildman–Crippen LogP) is 4.39. The Balaban J connectivity index is 1.59. The van der Waals surface area contributed by atoms with Gasteiger partial charge < -0.3 is 9.88 Å². The zero-order chi connectivity index (χ0) is 19.6. The summed E-state index contributed by atoms with van der Waals surface area (Å²) in [5, 5.41) is 3.03. The van der Waals surface area contributed by atoms with Crippen LogP contribution in [-0.2, 0) is 17.5 Å². The van der Waals surface area contributed by atoms with Crippen molar-refractivity contribution < 1.29 is 18.0 Å². The van der Waals surface area contributed by atoms with Gasteiger partial charge in [-0.2, -0.15) is 13.2 Å². The van der Waals surface area contributed by atoms with E-state index in [4.69, 9.17) is 0 Å². The minimum atomic E-state index is -4.61. The smallest absolute Gasteiger partial charge is 0.351 e. The largest absolute Gasteiger partial charge is 0.449 e. The summed E-state index contributed by atoms with van der Waals surface area (Å²) in [6.45, 7) is 6.29. The molecule has 4 nitrogen and oxygen atoms in total. The van der Waals surface area contributed by atoms with Gasteiger partial charge in [-0.1, -0.05) is 32.9 Å². The minimum absolute atomic E-state index is 0.00266. The maximum Gasteiger partial charge on any atom is 0.449 e. The van der Waals surface area contributed by atoms with Gasteiger partial charge in [0, 0.05) is 6.04 Å². The van der Waals surface area contributed by atoms with Crippen molar-refractivity contribution in [3.63, 3.8) is 0 Å². The van der Waals surface area contributed by atoms with E-state index in [9.17, 15) is 18.0 Å². The first kappa shape index (κ1) is 18.3. The van der Waals surface area contributed by atoms with Crippen LogP contribution in [0.4, 0.5) is 13.2 Å². The molecule has 2 bridgehead atoms. The van der Waals surface area contributed by atoms with Crippen LogP contribution in [0.1, 0.15) is 45.9 Å². The lowest BCUT2D eigenvalue weighted by molar-refractivity contribution is -0.147. The molecule has 1 aromatic heterocycles. The van der Waals surface area contributed by atoms with Crippen LogP contribution in [0.25, 0.3) is 11.0 Å². The highest BCUT2D eigenvalue weighted by molar-refractivity contribution is 5.81. The molecular weight excluding hydrogens is 355 g/mol. The normalized spacial score (nSPS) is 29.4. The van der Waals surface area contributed by atoms with E-state index in [1.807, 2.05) is 0 Å². The van der Waals surface area contributed by atoms with Crippen molar-refractivity contribution in [2.24, 2.45) is 16.7 Å². The van der Waals surface area contributed by atoms with Crippen LogP contribution in [0.3, 0.4) is 0 Å². The molecule has 0 spiro atoms. The molecule has 0 aliphatic heterocycles. The van der Waals surface area contributed by atoms with Crippen molar-refractivity contribution in [2.45, 2.75) is 58.8 Å². The van der Waals surface area contributed by atoms with Crippen LogP contribution in [0.15, 0.2) is 24.3 Å². The predicted molar refractivity (Wildman–Crippen MR) is 95.9 cm³/mol. The second-order valence-corrected chi connectivity index (χ2v) is 8.74. The average Bonchev–Trinajstić information content (AvgIpc) is 3.11. The highest BCUT2D eigenvalue weighted by atomic mass is 19.4. The number of para-hydroxylation sites is 2. The molecule has 0 saturated heterocycles. The first-order valence-corrected chi connectivity index (χ1v) is 9.36. The van der Waals surface area contributed by atoms with E-state index in [-0.39, 0.29) is 28.9 Å². The summed E-state index contributed by atoms with van der Waals surface area (Å²) in [4.78, 5) is 16.4. The summed E-state index contributed by atoms with van der Waals surface area (Å²) in [5.41, 5.74) is 0.672. The lowest BCUT2D eigenvalue weighted by atomic mass is 9.69. The molecule has 3 atom stereocenters. The average molecular weight is 379 g/mol. The number of benzene rings is 1. The summed E-state index contributed by atoms with van der Waals surface area (Å²) in [5.74, 6) is -0.871. The van der Waals surface area contributed by atoms with E-state index in [1.54, 1.807) is 18.2 Å². The minimum Gasteiger partial charge on any atom is -0.351 e. The third-order valence-corrected chi connectivity index (χ3v) is 7.34. The Labute approximate surface area is 156 Å². The fourth-order valence-corrected chi connectivity index (χ4v) is 5.26. The number of hydrogen-bond acceptors (Lipinski definition) is 2. The molecule has 4 rings (SSSR count). The Morgan fingerprint density at radius 3 is 2.59 bits per heavy atom. The van der Waals surface area contributed by atoms with E-state index in [2.05, 4.69) is 31.1 Å². The third kappa shape index (κ3) is 2.65. The first-order chi connectivity index (χ1) is 12.5. The van der Waals surface area contributed by atoms with Gasteiger partial charge in [-0.15, -0.1) is 0 Å². The molecule has 2 aromatic rings. The van der Waals surface area contributed by atoms with E-state index in [0.717, 1.165) is 23.8 Å². The molecule has 2 saturated carbocycles. The molecule has 2 aliphatic carbocycles. The summed E-state index contributed by atoms with van der Waals surface area (Å²) >= 11 is 0. The fourth-order valence-electron chi connectivity index (χ4n) is 5.26. The second-order valence-electron chi connectivity index (χ2n) is 8.74. The number of carbonyl (C=O) groups is 1. The first-order valence-electron chi connectivity index (χ1n) is 9.36. The molecule has 2 aliphatic rings. The standard InChI is InChI=1S/C20H24F3N3O/c1-18(2)12-8-9-19(18,3)15(10-12)25-16(27)11-26-14-7-5-4-6-13(14)24-17(26)20(21,22)23/h4-7,12,15H,8-11H2,1-3H3,(H,25,27). The van der Waals surface area contributed by atoms with E-state index >= 15 is 0 Å². The van der Waals surface area contributed by atoms with E-state index in [0.29, 0.717) is 11.4 Å². The number of hydrogen-bond donors (Lipinski definition) is 1. The molecular formula is C20H24F3N3O. The van der Waals surface area contributed by atoms with Crippen molar-refractivity contribution in [1.29, 1.82) is 0 Å². The number of aromatic nitrogens is 2. The zero-order valence-corrected chi connectivity index (χ0v) is 15.7. The van der Waals surface area contributed by atoms with Gasteiger partial charge in [0.25, 0.3) is 0 Å². The number of carbonyl (C=O) groups excluding carboxylic acids is 1. The Morgan fingerprint density at radius 1 is 1.30 bits per heavy atom. The lowest BCUT2D eigenvalue weighted by Crippen LogP contribution is -2.47. The highest BCUT2D eigenvalue weighted by Crippen LogP contribution is 2.65. The molecule has 3 unspecified atom stereocenters. The van der Waals surface area contributed by atoms with Crippen LogP contribution in [0.5, 0.6) is 0 Å². The van der Waals surface area contributed by atoms with E-state index < -0.39 is 17.9 Å². The zero-order valence-electron chi connectivity index (χ0n) is 15.7. The van der Waals surface area contributed by atoms with E-state index in [1.165, 1.54) is 6.07 Å². The van der Waals surface area contributed by atoms with Gasteiger partial charge in [0.1, 0.15) is 6.54 Å². The number of nitrogens with one attached hydrogen (secondary N) is 1. The van der Waals surface area contributed by atoms with Crippen molar-refractivity contribution in [3.05, 3.63) is 30.1 Å². The maximum atomic E-state index is 13.4. The topological polar surface area (TPSA) is 46.9 Å². The molecule has 1 N–H and O–H groups in total. The number of nitrogens with zero attached hydrogens (tertiary/aromatic N) is 2. The number of rotatable bonds is 3. The Kier molecular flexibility index (Phi) is 3.88. The van der Waals surface area contributed by atoms with Gasteiger partial charge in [0.05, 0.1) is 11.0 Å². The van der Waals surface area contributed by atoms with Crippen LogP contribution in [0.2, 0.25) is 0 Å². The van der Waals surface area contributed by atoms with Crippen LogP contribution in [-0.4, -0.2) is 21.5 Å². The van der Waals surface area contributed by atoms with Gasteiger partial charge in [0.2, 0.25) is 11.7 Å². The van der Waals surface area contributed by atoms with Crippen molar-refractivity contribution in [3.8, 4) is 0 Å². The van der Waals surface area contributed by atoms with Gasteiger partial charge in [0.15, 0.2) is 0 Å². The van der Waals surface area contributed by atoms with Crippen molar-refractivity contribution >= 4 is 16.9 Å². The number of amides is 1. The number of halogens is 3. The van der Waals surface area contributed by atoms with Gasteiger partial charge >= 0.3 is 6.18 Å². The summed E-state index contributed by atoms with van der Waals surface area (Å²) in [6, 6.07) is 6.38. The monoisotopic (exact) mass is 379 g/mol. The van der Waals surface area contributed by atoms with Crippen molar-refractivity contribution in [2.75, 3.05) is 0 Å². The molecule has 146 valence electrons. The number of fused-ring (bicyclic) bond motifs is 3. The lowest BCUT2D eigenvalue weighted by Gasteiger charge is -2.39. The molecule has 1 heterocycles. The Bertz CT molecular complexity index is 901. The molecule has 1 aromatic carbocycles. The highest BCUT2D eigenvalue weighted by Gasteiger charge is 2.61. The van der Waals surface area contributed by atoms with Gasteiger partial charge in [-0.25, -0.2) is 4.98 Å². The quantitative estimate of drug-likeness (QED) is 0.860. The summed E-state index contributed by atoms with van der Waals surface area (Å²) in [7, 11) is 0. The third-order valence-electron chi connectivity index (χ3n) is 7.34. The molecule has 2 fully saturated rings. The Hall–Kier alpha value is -2.05. The Morgan fingerprint density at radius 2 is 2.00 bits per heavy atom. The summed E-state index contributed by atoms with van der Waals surface area (Å²) in [6.07, 6.45) is -1.52. The number of imidazole rings is 1. The van der Waals surface area contributed by atoms with Gasteiger partial charge in [-0.3, -0.25) is 4.79 Å². The number of alkyl halides is 3. The molecule has 0 radical (unpaired) electrons. The van der Waals surface area contributed by atoms with Crippen LogP contribution < -0.4 is 5.32 Å². The maximum absolute atomic E-state index is 13.4. The van der Waals surface area contributed by atoms with Gasteiger partial charge in [-0.05, 0) is 48.1 Å². The molecule has 1 amide bonds. The second kappa shape index (κ2) is 5.72. The van der Waals surface area contributed by atoms with Crippen molar-refractivity contribution in [1.82, 2.24) is 14.9 Å². The van der Waals surface area contributed by atoms with Crippen LogP contribution >= 0.6 is 0 Å². The molecule has 27 heavy (non-hydrogen) atoms. The van der Waals surface area contributed by atoms with Crippen LogP contribution in [0, 0.1) is 16.7 Å². The SMILES string of the molecule is CC1(C)C2CCC1(C)C(NC(=O)Cn1c(C(F)(F)F)nc3ccccc31)C2. The molecule has 7 heteroatoms.